The van der Waals surface area contributed by atoms with Gasteiger partial charge in [0.2, 0.25) is 5.88 Å². The Morgan fingerprint density at radius 3 is 2.76 bits per heavy atom. The van der Waals surface area contributed by atoms with E-state index in [1.807, 2.05) is 12.1 Å². The minimum Gasteiger partial charge on any atom is -0.481 e. The summed E-state index contributed by atoms with van der Waals surface area (Å²) in [7, 11) is 1.58. The van der Waals surface area contributed by atoms with Crippen LogP contribution in [0.5, 0.6) is 5.88 Å². The summed E-state index contributed by atoms with van der Waals surface area (Å²) >= 11 is 0. The van der Waals surface area contributed by atoms with E-state index in [-0.39, 0.29) is 5.56 Å². The third kappa shape index (κ3) is 5.66. The standard InChI is InChI=1S/C24H32N6O3/c1-3-11-33-12-10-30-21-13-19(18-4-5-22(32-2)27-15-18)26-16-20(21)29-23(24(30)31)28-14-17-6-8-25-9-7-17/h4-5,13,15-17,25H,3,6-12,14H2,1-2H3,(H,28,29). The fraction of sp³-hybridized carbons (Fsp3) is 0.500. The molecule has 0 radical (unpaired) electrons. The predicted octanol–water partition coefficient (Wildman–Crippen LogP) is 2.70. The third-order valence-electron chi connectivity index (χ3n) is 5.90. The van der Waals surface area contributed by atoms with Crippen LogP contribution < -0.4 is 20.9 Å². The normalized spacial score (nSPS) is 14.5. The van der Waals surface area contributed by atoms with Crippen molar-refractivity contribution < 1.29 is 9.47 Å². The number of methoxy groups -OCH3 is 1. The van der Waals surface area contributed by atoms with Gasteiger partial charge in [-0.05, 0) is 50.4 Å². The molecule has 9 nitrogen and oxygen atoms in total. The molecule has 1 aliphatic heterocycles. The summed E-state index contributed by atoms with van der Waals surface area (Å²) in [4.78, 5) is 26.8. The van der Waals surface area contributed by atoms with Gasteiger partial charge in [0.05, 0.1) is 31.1 Å². The van der Waals surface area contributed by atoms with Crippen molar-refractivity contribution >= 4 is 16.9 Å². The smallest absolute Gasteiger partial charge is 0.293 e. The molecule has 0 unspecified atom stereocenters. The van der Waals surface area contributed by atoms with Crippen LogP contribution in [0.4, 0.5) is 5.82 Å². The third-order valence-corrected chi connectivity index (χ3v) is 5.90. The number of piperidine rings is 1. The van der Waals surface area contributed by atoms with E-state index in [9.17, 15) is 4.79 Å². The van der Waals surface area contributed by atoms with Gasteiger partial charge in [0.1, 0.15) is 5.52 Å². The Morgan fingerprint density at radius 2 is 2.03 bits per heavy atom. The maximum absolute atomic E-state index is 13.4. The van der Waals surface area contributed by atoms with Crippen molar-refractivity contribution in [2.75, 3.05) is 45.3 Å². The van der Waals surface area contributed by atoms with Gasteiger partial charge in [-0.15, -0.1) is 0 Å². The molecule has 2 N–H and O–H groups in total. The van der Waals surface area contributed by atoms with Gasteiger partial charge in [-0.2, -0.15) is 0 Å². The Hall–Kier alpha value is -3.04. The molecule has 3 aromatic heterocycles. The second kappa shape index (κ2) is 11.2. The van der Waals surface area contributed by atoms with Gasteiger partial charge in [0, 0.05) is 37.5 Å². The average Bonchev–Trinajstić information content (AvgIpc) is 2.87. The van der Waals surface area contributed by atoms with Crippen LogP contribution >= 0.6 is 0 Å². The number of fused-ring (bicyclic) bond motifs is 1. The Kier molecular flexibility index (Phi) is 7.85. The second-order valence-corrected chi connectivity index (χ2v) is 8.25. The van der Waals surface area contributed by atoms with E-state index in [2.05, 4.69) is 32.5 Å². The SMILES string of the molecule is CCCOCCn1c(=O)c(NCC2CCNCC2)nc2cnc(-c3ccc(OC)nc3)cc21. The van der Waals surface area contributed by atoms with E-state index >= 15 is 0 Å². The lowest BCUT2D eigenvalue weighted by Crippen LogP contribution is -2.33. The lowest BCUT2D eigenvalue weighted by molar-refractivity contribution is 0.127. The van der Waals surface area contributed by atoms with Crippen molar-refractivity contribution in [1.82, 2.24) is 24.8 Å². The van der Waals surface area contributed by atoms with E-state index in [1.165, 1.54) is 0 Å². The van der Waals surface area contributed by atoms with Crippen LogP contribution in [0.3, 0.4) is 0 Å². The Labute approximate surface area is 193 Å². The molecule has 4 heterocycles. The summed E-state index contributed by atoms with van der Waals surface area (Å²) in [6.45, 7) is 6.42. The highest BCUT2D eigenvalue weighted by molar-refractivity contribution is 5.80. The molecule has 1 aliphatic rings. The van der Waals surface area contributed by atoms with Gasteiger partial charge in [0.15, 0.2) is 5.82 Å². The molecule has 0 atom stereocenters. The molecule has 3 aromatic rings. The molecule has 9 heteroatoms. The highest BCUT2D eigenvalue weighted by Gasteiger charge is 2.16. The van der Waals surface area contributed by atoms with Crippen molar-refractivity contribution in [1.29, 1.82) is 0 Å². The van der Waals surface area contributed by atoms with Crippen LogP contribution in [-0.4, -0.2) is 59.5 Å². The number of anilines is 1. The van der Waals surface area contributed by atoms with Gasteiger partial charge >= 0.3 is 0 Å². The number of pyridine rings is 2. The zero-order valence-corrected chi connectivity index (χ0v) is 19.3. The number of ether oxygens (including phenoxy) is 2. The Bertz CT molecular complexity index is 1110. The first kappa shape index (κ1) is 23.1. The van der Waals surface area contributed by atoms with Gasteiger partial charge in [-0.3, -0.25) is 9.78 Å². The van der Waals surface area contributed by atoms with E-state index in [0.29, 0.717) is 42.9 Å². The largest absolute Gasteiger partial charge is 0.481 e. The highest BCUT2D eigenvalue weighted by Crippen LogP contribution is 2.22. The number of hydrogen-bond donors (Lipinski definition) is 2. The summed E-state index contributed by atoms with van der Waals surface area (Å²) in [6.07, 6.45) is 6.56. The van der Waals surface area contributed by atoms with E-state index in [1.54, 1.807) is 30.1 Å². The molecular formula is C24H32N6O3. The van der Waals surface area contributed by atoms with E-state index < -0.39 is 0 Å². The summed E-state index contributed by atoms with van der Waals surface area (Å²) < 4.78 is 12.6. The number of hydrogen-bond acceptors (Lipinski definition) is 8. The van der Waals surface area contributed by atoms with Crippen LogP contribution in [0.15, 0.2) is 35.4 Å². The number of aromatic nitrogens is 4. The van der Waals surface area contributed by atoms with Crippen molar-refractivity contribution in [3.05, 3.63) is 40.9 Å². The van der Waals surface area contributed by atoms with Gasteiger partial charge in [0.25, 0.3) is 5.56 Å². The number of nitrogens with one attached hydrogen (secondary N) is 2. The van der Waals surface area contributed by atoms with Crippen LogP contribution in [0.1, 0.15) is 26.2 Å². The van der Waals surface area contributed by atoms with Crippen LogP contribution in [0.2, 0.25) is 0 Å². The molecule has 1 fully saturated rings. The maximum Gasteiger partial charge on any atom is 0.293 e. The molecular weight excluding hydrogens is 420 g/mol. The lowest BCUT2D eigenvalue weighted by atomic mass is 9.98. The van der Waals surface area contributed by atoms with Gasteiger partial charge < -0.3 is 24.7 Å². The molecule has 1 saturated heterocycles. The van der Waals surface area contributed by atoms with E-state index in [0.717, 1.165) is 55.7 Å². The first-order chi connectivity index (χ1) is 16.2. The zero-order chi connectivity index (χ0) is 23.0. The molecule has 4 rings (SSSR count). The Morgan fingerprint density at radius 1 is 1.18 bits per heavy atom. The maximum atomic E-state index is 13.4. The lowest BCUT2D eigenvalue weighted by Gasteiger charge is -2.23. The van der Waals surface area contributed by atoms with Crippen LogP contribution in [-0.2, 0) is 11.3 Å². The summed E-state index contributed by atoms with van der Waals surface area (Å²) in [6, 6.07) is 5.58. The fourth-order valence-electron chi connectivity index (χ4n) is 4.02. The molecule has 0 bridgehead atoms. The molecule has 0 aromatic carbocycles. The average molecular weight is 453 g/mol. The molecule has 0 saturated carbocycles. The highest BCUT2D eigenvalue weighted by atomic mass is 16.5. The van der Waals surface area contributed by atoms with Gasteiger partial charge in [-0.25, -0.2) is 9.97 Å². The van der Waals surface area contributed by atoms with Crippen molar-refractivity contribution in [2.24, 2.45) is 5.92 Å². The number of rotatable bonds is 10. The zero-order valence-electron chi connectivity index (χ0n) is 19.3. The first-order valence-corrected chi connectivity index (χ1v) is 11.6. The quantitative estimate of drug-likeness (QED) is 0.453. The summed E-state index contributed by atoms with van der Waals surface area (Å²) in [5, 5.41) is 6.68. The van der Waals surface area contributed by atoms with Crippen molar-refractivity contribution in [3.63, 3.8) is 0 Å². The summed E-state index contributed by atoms with van der Waals surface area (Å²) in [5.41, 5.74) is 2.82. The molecule has 0 spiro atoms. The topological polar surface area (TPSA) is 103 Å². The molecule has 33 heavy (non-hydrogen) atoms. The minimum absolute atomic E-state index is 0.137. The predicted molar refractivity (Wildman–Crippen MR) is 129 cm³/mol. The second-order valence-electron chi connectivity index (χ2n) is 8.25. The van der Waals surface area contributed by atoms with Gasteiger partial charge in [-0.1, -0.05) is 6.92 Å². The molecule has 0 aliphatic carbocycles. The van der Waals surface area contributed by atoms with Crippen molar-refractivity contribution in [2.45, 2.75) is 32.7 Å². The molecule has 176 valence electrons. The Balaban J connectivity index is 1.66. The van der Waals surface area contributed by atoms with Crippen LogP contribution in [0, 0.1) is 5.92 Å². The fourth-order valence-corrected chi connectivity index (χ4v) is 4.02. The summed E-state index contributed by atoms with van der Waals surface area (Å²) in [5.74, 6) is 1.44. The van der Waals surface area contributed by atoms with Crippen LogP contribution in [0.25, 0.3) is 22.3 Å². The van der Waals surface area contributed by atoms with E-state index in [4.69, 9.17) is 9.47 Å². The first-order valence-electron chi connectivity index (χ1n) is 11.6. The minimum atomic E-state index is -0.137. The monoisotopic (exact) mass is 452 g/mol. The number of nitrogens with zero attached hydrogens (tertiary/aromatic N) is 4. The van der Waals surface area contributed by atoms with Crippen molar-refractivity contribution in [3.8, 4) is 17.1 Å². The molecule has 0 amide bonds.